The highest BCUT2D eigenvalue weighted by molar-refractivity contribution is 7.98. The molecule has 0 spiro atoms. The van der Waals surface area contributed by atoms with Crippen LogP contribution in [0.3, 0.4) is 0 Å². The number of hydrogen-bond acceptors (Lipinski definition) is 5. The summed E-state index contributed by atoms with van der Waals surface area (Å²) in [5, 5.41) is 4.07. The average Bonchev–Trinajstić information content (AvgIpc) is 3.08. The highest BCUT2D eigenvalue weighted by Crippen LogP contribution is 2.35. The minimum absolute atomic E-state index is 0.365. The van der Waals surface area contributed by atoms with Crippen molar-refractivity contribution in [3.8, 4) is 0 Å². The van der Waals surface area contributed by atoms with E-state index in [1.165, 1.54) is 10.5 Å². The van der Waals surface area contributed by atoms with Crippen molar-refractivity contribution in [1.82, 2.24) is 10.1 Å². The summed E-state index contributed by atoms with van der Waals surface area (Å²) in [6.45, 7) is 2.08. The summed E-state index contributed by atoms with van der Waals surface area (Å²) in [5.41, 5.74) is 7.23. The Labute approximate surface area is 123 Å². The van der Waals surface area contributed by atoms with E-state index in [0.29, 0.717) is 17.5 Å². The van der Waals surface area contributed by atoms with E-state index >= 15 is 0 Å². The van der Waals surface area contributed by atoms with Crippen LogP contribution in [0.5, 0.6) is 0 Å². The van der Waals surface area contributed by atoms with E-state index in [4.69, 9.17) is 10.3 Å². The standard InChI is InChI=1S/C15H19N3OS/c1-11-4-6-12(7-5-11)20-10-13-17-14(18-19-13)15(16)8-2-3-9-15/h4-7H,2-3,8-10,16H2,1H3. The van der Waals surface area contributed by atoms with Gasteiger partial charge in [-0.1, -0.05) is 35.7 Å². The van der Waals surface area contributed by atoms with Gasteiger partial charge < -0.3 is 10.3 Å². The molecule has 3 rings (SSSR count). The Morgan fingerprint density at radius 1 is 1.25 bits per heavy atom. The Hall–Kier alpha value is -1.33. The van der Waals surface area contributed by atoms with E-state index in [2.05, 4.69) is 41.3 Å². The van der Waals surface area contributed by atoms with Gasteiger partial charge in [-0.25, -0.2) is 0 Å². The summed E-state index contributed by atoms with van der Waals surface area (Å²) in [6.07, 6.45) is 4.21. The lowest BCUT2D eigenvalue weighted by atomic mass is 9.99. The zero-order valence-corrected chi connectivity index (χ0v) is 12.4. The van der Waals surface area contributed by atoms with Crippen LogP contribution < -0.4 is 5.73 Å². The predicted octanol–water partition coefficient (Wildman–Crippen LogP) is 3.40. The Kier molecular flexibility index (Phi) is 3.81. The molecule has 1 fully saturated rings. The first-order valence-corrected chi connectivity index (χ1v) is 7.96. The third-order valence-electron chi connectivity index (χ3n) is 3.79. The van der Waals surface area contributed by atoms with Crippen LogP contribution in [0, 0.1) is 6.92 Å². The predicted molar refractivity (Wildman–Crippen MR) is 79.4 cm³/mol. The zero-order chi connectivity index (χ0) is 14.0. The van der Waals surface area contributed by atoms with Gasteiger partial charge >= 0.3 is 0 Å². The van der Waals surface area contributed by atoms with Crippen molar-refractivity contribution < 1.29 is 4.52 Å². The Bertz CT molecular complexity index is 573. The lowest BCUT2D eigenvalue weighted by molar-refractivity contribution is 0.355. The molecule has 1 aromatic carbocycles. The van der Waals surface area contributed by atoms with Crippen LogP contribution in [0.25, 0.3) is 0 Å². The summed E-state index contributed by atoms with van der Waals surface area (Å²) >= 11 is 1.70. The number of nitrogens with zero attached hydrogens (tertiary/aromatic N) is 2. The molecule has 0 saturated heterocycles. The monoisotopic (exact) mass is 289 g/mol. The van der Waals surface area contributed by atoms with E-state index in [0.717, 1.165) is 25.7 Å². The van der Waals surface area contributed by atoms with Crippen molar-refractivity contribution in [2.45, 2.75) is 48.8 Å². The fourth-order valence-electron chi connectivity index (χ4n) is 2.52. The lowest BCUT2D eigenvalue weighted by Crippen LogP contribution is -2.34. The van der Waals surface area contributed by atoms with Crippen molar-refractivity contribution in [3.05, 3.63) is 41.5 Å². The third kappa shape index (κ3) is 2.88. The molecule has 4 nitrogen and oxygen atoms in total. The van der Waals surface area contributed by atoms with Crippen molar-refractivity contribution in [3.63, 3.8) is 0 Å². The minimum Gasteiger partial charge on any atom is -0.338 e. The smallest absolute Gasteiger partial charge is 0.237 e. The molecule has 0 radical (unpaired) electrons. The largest absolute Gasteiger partial charge is 0.338 e. The van der Waals surface area contributed by atoms with Crippen LogP contribution in [-0.2, 0) is 11.3 Å². The first-order valence-electron chi connectivity index (χ1n) is 6.97. The lowest BCUT2D eigenvalue weighted by Gasteiger charge is -2.17. The van der Waals surface area contributed by atoms with Gasteiger partial charge in [0.15, 0.2) is 5.82 Å². The average molecular weight is 289 g/mol. The Balaban J connectivity index is 1.64. The summed E-state index contributed by atoms with van der Waals surface area (Å²) in [5.74, 6) is 2.02. The van der Waals surface area contributed by atoms with E-state index in [1.807, 2.05) is 0 Å². The van der Waals surface area contributed by atoms with Crippen molar-refractivity contribution >= 4 is 11.8 Å². The van der Waals surface area contributed by atoms with Crippen LogP contribution in [-0.4, -0.2) is 10.1 Å². The summed E-state index contributed by atoms with van der Waals surface area (Å²) < 4.78 is 5.33. The van der Waals surface area contributed by atoms with E-state index in [-0.39, 0.29) is 5.54 Å². The fraction of sp³-hybridized carbons (Fsp3) is 0.467. The first-order chi connectivity index (χ1) is 9.66. The highest BCUT2D eigenvalue weighted by atomic mass is 32.2. The molecule has 1 aromatic heterocycles. The van der Waals surface area contributed by atoms with Crippen LogP contribution in [0.2, 0.25) is 0 Å². The molecule has 0 atom stereocenters. The molecule has 1 saturated carbocycles. The van der Waals surface area contributed by atoms with Gasteiger partial charge in [-0.05, 0) is 31.9 Å². The van der Waals surface area contributed by atoms with Gasteiger partial charge in [-0.2, -0.15) is 4.98 Å². The molecule has 20 heavy (non-hydrogen) atoms. The molecule has 5 heteroatoms. The number of thioether (sulfide) groups is 1. The van der Waals surface area contributed by atoms with Gasteiger partial charge in [0.2, 0.25) is 5.89 Å². The molecule has 0 unspecified atom stereocenters. The van der Waals surface area contributed by atoms with Crippen LogP contribution >= 0.6 is 11.8 Å². The second-order valence-corrected chi connectivity index (χ2v) is 6.53. The molecule has 106 valence electrons. The maximum Gasteiger partial charge on any atom is 0.237 e. The number of rotatable bonds is 4. The number of nitrogens with two attached hydrogens (primary N) is 1. The molecule has 1 aliphatic carbocycles. The number of hydrogen-bond donors (Lipinski definition) is 1. The molecular weight excluding hydrogens is 270 g/mol. The van der Waals surface area contributed by atoms with Crippen molar-refractivity contribution in [2.24, 2.45) is 5.73 Å². The zero-order valence-electron chi connectivity index (χ0n) is 11.6. The fourth-order valence-corrected chi connectivity index (χ4v) is 3.26. The van der Waals surface area contributed by atoms with E-state index in [1.54, 1.807) is 11.8 Å². The summed E-state index contributed by atoms with van der Waals surface area (Å²) in [7, 11) is 0. The van der Waals surface area contributed by atoms with Crippen LogP contribution in [0.1, 0.15) is 43.0 Å². The van der Waals surface area contributed by atoms with Gasteiger partial charge in [0.05, 0.1) is 11.3 Å². The first kappa shape index (κ1) is 13.6. The Morgan fingerprint density at radius 2 is 1.95 bits per heavy atom. The molecular formula is C15H19N3OS. The number of aromatic nitrogens is 2. The number of benzene rings is 1. The third-order valence-corrected chi connectivity index (χ3v) is 4.79. The molecule has 0 bridgehead atoms. The van der Waals surface area contributed by atoms with Gasteiger partial charge in [0.1, 0.15) is 0 Å². The molecule has 2 aromatic rings. The molecule has 0 aliphatic heterocycles. The molecule has 1 aliphatic rings. The summed E-state index contributed by atoms with van der Waals surface area (Å²) in [4.78, 5) is 5.68. The maximum atomic E-state index is 6.33. The molecule has 2 N–H and O–H groups in total. The van der Waals surface area contributed by atoms with Crippen LogP contribution in [0.15, 0.2) is 33.7 Å². The van der Waals surface area contributed by atoms with E-state index in [9.17, 15) is 0 Å². The molecule has 0 amide bonds. The highest BCUT2D eigenvalue weighted by Gasteiger charge is 2.35. The second kappa shape index (κ2) is 5.58. The van der Waals surface area contributed by atoms with Gasteiger partial charge in [0, 0.05) is 4.90 Å². The van der Waals surface area contributed by atoms with Crippen molar-refractivity contribution in [2.75, 3.05) is 0 Å². The van der Waals surface area contributed by atoms with Gasteiger partial charge in [-0.3, -0.25) is 0 Å². The van der Waals surface area contributed by atoms with E-state index < -0.39 is 0 Å². The Morgan fingerprint density at radius 3 is 2.65 bits per heavy atom. The normalized spacial score (nSPS) is 17.5. The maximum absolute atomic E-state index is 6.33. The summed E-state index contributed by atoms with van der Waals surface area (Å²) in [6, 6.07) is 8.43. The second-order valence-electron chi connectivity index (χ2n) is 5.48. The molecule has 1 heterocycles. The SMILES string of the molecule is Cc1ccc(SCc2nc(C3(N)CCCC3)no2)cc1. The van der Waals surface area contributed by atoms with Crippen molar-refractivity contribution in [1.29, 1.82) is 0 Å². The quantitative estimate of drug-likeness (QED) is 0.874. The van der Waals surface area contributed by atoms with Gasteiger partial charge in [0.25, 0.3) is 0 Å². The van der Waals surface area contributed by atoms with Crippen LogP contribution in [0.4, 0.5) is 0 Å². The topological polar surface area (TPSA) is 64.9 Å². The minimum atomic E-state index is -0.365. The number of aryl methyl sites for hydroxylation is 1. The van der Waals surface area contributed by atoms with Gasteiger partial charge in [-0.15, -0.1) is 11.8 Å².